The molecule has 0 spiro atoms. The molecule has 1 N–H and O–H groups in total. The molecule has 0 saturated carbocycles. The molecule has 3 rings (SSSR count). The molecule has 3 atom stereocenters. The Morgan fingerprint density at radius 3 is 2.78 bits per heavy atom. The van der Waals surface area contributed by atoms with E-state index in [0.29, 0.717) is 18.7 Å². The Hall–Kier alpha value is -3.44. The molecule has 0 bridgehead atoms. The van der Waals surface area contributed by atoms with E-state index < -0.39 is 0 Å². The number of carbonyl (C=O) groups is 2. The fourth-order valence-corrected chi connectivity index (χ4v) is 3.37. The lowest BCUT2D eigenvalue weighted by Gasteiger charge is -2.37. The van der Waals surface area contributed by atoms with Gasteiger partial charge in [-0.25, -0.2) is 4.98 Å². The highest BCUT2D eigenvalue weighted by Crippen LogP contribution is 2.27. The van der Waals surface area contributed by atoms with Gasteiger partial charge in [-0.3, -0.25) is 14.6 Å². The average Bonchev–Trinajstić information content (AvgIpc) is 2.80. The first kappa shape index (κ1) is 23.2. The first-order valence-corrected chi connectivity index (χ1v) is 10.5. The zero-order chi connectivity index (χ0) is 23.3. The van der Waals surface area contributed by atoms with Crippen LogP contribution in [-0.2, 0) is 4.79 Å². The third kappa shape index (κ3) is 5.42. The lowest BCUT2D eigenvalue weighted by molar-refractivity contribution is -0.129. The van der Waals surface area contributed by atoms with Gasteiger partial charge in [0.1, 0.15) is 11.7 Å². The van der Waals surface area contributed by atoms with Gasteiger partial charge in [0.25, 0.3) is 5.91 Å². The summed E-state index contributed by atoms with van der Waals surface area (Å²) in [7, 11) is 1.71. The van der Waals surface area contributed by atoms with E-state index in [1.54, 1.807) is 54.5 Å². The van der Waals surface area contributed by atoms with E-state index in [1.165, 1.54) is 6.92 Å². The van der Waals surface area contributed by atoms with Crippen LogP contribution in [0.1, 0.15) is 42.3 Å². The summed E-state index contributed by atoms with van der Waals surface area (Å²) in [6.07, 6.45) is 4.52. The smallest absolute Gasteiger partial charge is 0.259 e. The fraction of sp³-hybridized carbons (Fsp3) is 0.417. The van der Waals surface area contributed by atoms with Crippen molar-refractivity contribution in [2.24, 2.45) is 5.92 Å². The second-order valence-electron chi connectivity index (χ2n) is 8.09. The number of ether oxygens (including phenoxy) is 1. The Morgan fingerprint density at radius 2 is 2.12 bits per heavy atom. The number of nitrogens with zero attached hydrogens (tertiary/aromatic N) is 4. The minimum Gasteiger partial charge on any atom is -0.472 e. The van der Waals surface area contributed by atoms with Crippen LogP contribution in [0.2, 0.25) is 0 Å². The van der Waals surface area contributed by atoms with Gasteiger partial charge in [-0.2, -0.15) is 0 Å². The summed E-state index contributed by atoms with van der Waals surface area (Å²) in [4.78, 5) is 36.8. The molecular formula is C24H28N4O4. The number of hydrogen-bond acceptors (Lipinski definition) is 6. The van der Waals surface area contributed by atoms with Crippen molar-refractivity contribution < 1.29 is 19.4 Å². The van der Waals surface area contributed by atoms with Crippen molar-refractivity contribution in [2.45, 2.75) is 32.9 Å². The van der Waals surface area contributed by atoms with Crippen molar-refractivity contribution in [3.8, 4) is 17.7 Å². The molecule has 8 heteroatoms. The maximum atomic E-state index is 13.4. The van der Waals surface area contributed by atoms with Crippen LogP contribution >= 0.6 is 0 Å². The molecule has 2 aromatic heterocycles. The molecule has 0 fully saturated rings. The van der Waals surface area contributed by atoms with Gasteiger partial charge in [0.2, 0.25) is 11.8 Å². The van der Waals surface area contributed by atoms with E-state index in [4.69, 9.17) is 4.74 Å². The zero-order valence-electron chi connectivity index (χ0n) is 18.8. The Kier molecular flexibility index (Phi) is 7.44. The number of fused-ring (bicyclic) bond motifs is 1. The average molecular weight is 437 g/mol. The van der Waals surface area contributed by atoms with Gasteiger partial charge in [-0.1, -0.05) is 18.8 Å². The van der Waals surface area contributed by atoms with Crippen molar-refractivity contribution in [1.29, 1.82) is 0 Å². The van der Waals surface area contributed by atoms with Gasteiger partial charge in [0.15, 0.2) is 0 Å². The van der Waals surface area contributed by atoms with Gasteiger partial charge in [0.05, 0.1) is 19.2 Å². The number of rotatable bonds is 4. The molecule has 0 aromatic carbocycles. The predicted molar refractivity (Wildman–Crippen MR) is 119 cm³/mol. The molecule has 3 heterocycles. The Labute approximate surface area is 188 Å². The molecule has 0 radical (unpaired) electrons. The summed E-state index contributed by atoms with van der Waals surface area (Å²) in [5.74, 6) is 5.78. The van der Waals surface area contributed by atoms with Crippen LogP contribution in [0.15, 0.2) is 36.8 Å². The van der Waals surface area contributed by atoms with Crippen molar-refractivity contribution in [3.05, 3.63) is 53.5 Å². The number of aromatic nitrogens is 2. The minimum atomic E-state index is -0.382. The van der Waals surface area contributed by atoms with Gasteiger partial charge >= 0.3 is 0 Å². The first-order chi connectivity index (χ1) is 15.3. The lowest BCUT2D eigenvalue weighted by Crippen LogP contribution is -2.50. The van der Waals surface area contributed by atoms with E-state index in [9.17, 15) is 14.7 Å². The van der Waals surface area contributed by atoms with E-state index in [2.05, 4.69) is 21.8 Å². The molecule has 0 saturated heterocycles. The quantitative estimate of drug-likeness (QED) is 0.731. The monoisotopic (exact) mass is 436 g/mol. The summed E-state index contributed by atoms with van der Waals surface area (Å²) in [5, 5.41) is 9.73. The van der Waals surface area contributed by atoms with Crippen molar-refractivity contribution in [2.75, 3.05) is 26.7 Å². The van der Waals surface area contributed by atoms with Gasteiger partial charge in [0, 0.05) is 56.2 Å². The molecular weight excluding hydrogens is 408 g/mol. The van der Waals surface area contributed by atoms with Crippen molar-refractivity contribution >= 4 is 11.8 Å². The minimum absolute atomic E-state index is 0.0753. The van der Waals surface area contributed by atoms with Gasteiger partial charge < -0.3 is 19.6 Å². The lowest BCUT2D eigenvalue weighted by atomic mass is 10.00. The maximum absolute atomic E-state index is 13.4. The second kappa shape index (κ2) is 10.2. The molecule has 1 aliphatic heterocycles. The summed E-state index contributed by atoms with van der Waals surface area (Å²) < 4.78 is 6.15. The molecule has 2 amide bonds. The van der Waals surface area contributed by atoms with Crippen LogP contribution in [0.3, 0.4) is 0 Å². The van der Waals surface area contributed by atoms with E-state index >= 15 is 0 Å². The summed E-state index contributed by atoms with van der Waals surface area (Å²) in [6, 6.07) is 4.92. The highest BCUT2D eigenvalue weighted by Gasteiger charge is 2.34. The van der Waals surface area contributed by atoms with E-state index in [-0.39, 0.29) is 47.9 Å². The Morgan fingerprint density at radius 1 is 1.38 bits per heavy atom. The van der Waals surface area contributed by atoms with E-state index in [0.717, 1.165) is 5.56 Å². The maximum Gasteiger partial charge on any atom is 0.259 e. The van der Waals surface area contributed by atoms with Crippen molar-refractivity contribution in [3.63, 3.8) is 0 Å². The molecule has 8 nitrogen and oxygen atoms in total. The van der Waals surface area contributed by atoms with Crippen LogP contribution in [0.5, 0.6) is 5.88 Å². The highest BCUT2D eigenvalue weighted by atomic mass is 16.5. The first-order valence-electron chi connectivity index (χ1n) is 10.5. The number of carbonyl (C=O) groups excluding carboxylic acids is 2. The highest BCUT2D eigenvalue weighted by molar-refractivity contribution is 5.97. The third-order valence-electron chi connectivity index (χ3n) is 5.53. The van der Waals surface area contributed by atoms with Gasteiger partial charge in [-0.15, -0.1) is 0 Å². The van der Waals surface area contributed by atoms with Crippen LogP contribution in [0, 0.1) is 17.8 Å². The van der Waals surface area contributed by atoms with Gasteiger partial charge in [-0.05, 0) is 25.1 Å². The summed E-state index contributed by atoms with van der Waals surface area (Å²) in [6.45, 7) is 5.82. The van der Waals surface area contributed by atoms with Crippen LogP contribution in [-0.4, -0.2) is 75.6 Å². The molecule has 0 aliphatic carbocycles. The zero-order valence-corrected chi connectivity index (χ0v) is 18.8. The SMILES string of the molecule is CC(=O)N(C)C[C@H]1Oc2ncc(C#Cc3cccnc3)cc2C(=O)N([C@H](C)CO)C[C@H]1C. The second-order valence-corrected chi connectivity index (χ2v) is 8.09. The van der Waals surface area contributed by atoms with Crippen LogP contribution < -0.4 is 4.74 Å². The van der Waals surface area contributed by atoms with Crippen LogP contribution in [0.4, 0.5) is 0 Å². The molecule has 1 aliphatic rings. The Balaban J connectivity index is 2.00. The topological polar surface area (TPSA) is 95.9 Å². The normalized spacial score (nSPS) is 18.9. The number of likely N-dealkylation sites (N-methyl/N-ethyl adjacent to an activating group) is 1. The molecule has 32 heavy (non-hydrogen) atoms. The molecule has 168 valence electrons. The predicted octanol–water partition coefficient (Wildman–Crippen LogP) is 1.57. The molecule has 0 unspecified atom stereocenters. The number of aliphatic hydroxyl groups excluding tert-OH is 1. The standard InChI is InChI=1S/C24H28N4O4/c1-16-13-28(17(2)15-29)24(31)21-10-20(8-7-19-6-5-9-25-11-19)12-26-23(21)32-22(16)14-27(4)18(3)30/h5-6,9-12,16-17,22,29H,13-15H2,1-4H3/t16-,17-,22-/m1/s1. The third-order valence-corrected chi connectivity index (χ3v) is 5.53. The fourth-order valence-electron chi connectivity index (χ4n) is 3.37. The number of aliphatic hydroxyl groups is 1. The number of amides is 2. The number of hydrogen-bond donors (Lipinski definition) is 1. The Bertz CT molecular complexity index is 1030. The van der Waals surface area contributed by atoms with Crippen molar-refractivity contribution in [1.82, 2.24) is 19.8 Å². The molecule has 2 aromatic rings. The number of pyridine rings is 2. The summed E-state index contributed by atoms with van der Waals surface area (Å²) in [5.41, 5.74) is 1.59. The summed E-state index contributed by atoms with van der Waals surface area (Å²) >= 11 is 0. The van der Waals surface area contributed by atoms with Crippen LogP contribution in [0.25, 0.3) is 0 Å². The largest absolute Gasteiger partial charge is 0.472 e. The van der Waals surface area contributed by atoms with E-state index in [1.807, 2.05) is 13.0 Å².